The Morgan fingerprint density at radius 2 is 1.90 bits per heavy atom. The molecule has 1 amide bonds. The molecule has 162 valence electrons. The van der Waals surface area contributed by atoms with Gasteiger partial charge in [-0.1, -0.05) is 30.7 Å². The van der Waals surface area contributed by atoms with Crippen LogP contribution in [0.2, 0.25) is 5.02 Å². The standard InChI is InChI=1S/C24H32ClN3OS/c1-4-30-24-21(6-5-15-26-24)23(29)27-16-17-7-9-18(10-8-17)22(28(2)3)19-11-13-20(25)14-12-19/h5-6,11-15,17-18,22H,4,7-10,16H2,1-3H3,(H,27,29). The number of pyridine rings is 1. The van der Waals surface area contributed by atoms with Gasteiger partial charge in [-0.05, 0) is 87.2 Å². The summed E-state index contributed by atoms with van der Waals surface area (Å²) in [5, 5.41) is 4.75. The second kappa shape index (κ2) is 11.2. The van der Waals surface area contributed by atoms with E-state index in [1.54, 1.807) is 18.0 Å². The Morgan fingerprint density at radius 3 is 2.53 bits per heavy atom. The lowest BCUT2D eigenvalue weighted by molar-refractivity contribution is 0.0931. The van der Waals surface area contributed by atoms with E-state index in [-0.39, 0.29) is 5.91 Å². The number of aromatic nitrogens is 1. The molecule has 1 fully saturated rings. The lowest BCUT2D eigenvalue weighted by Gasteiger charge is -2.37. The maximum Gasteiger partial charge on any atom is 0.254 e. The van der Waals surface area contributed by atoms with Gasteiger partial charge in [0.25, 0.3) is 5.91 Å². The minimum atomic E-state index is -0.00601. The molecule has 0 spiro atoms. The number of nitrogens with zero attached hydrogens (tertiary/aromatic N) is 2. The van der Waals surface area contributed by atoms with Gasteiger partial charge in [-0.25, -0.2) is 4.98 Å². The van der Waals surface area contributed by atoms with Crippen LogP contribution in [0.15, 0.2) is 47.6 Å². The molecule has 2 aromatic rings. The van der Waals surface area contributed by atoms with Crippen molar-refractivity contribution in [1.82, 2.24) is 15.2 Å². The highest BCUT2D eigenvalue weighted by molar-refractivity contribution is 7.99. The summed E-state index contributed by atoms with van der Waals surface area (Å²) in [6.45, 7) is 2.81. The molecule has 0 bridgehead atoms. The van der Waals surface area contributed by atoms with Crippen LogP contribution in [0.4, 0.5) is 0 Å². The third-order valence-electron chi connectivity index (χ3n) is 5.95. The normalized spacial score (nSPS) is 20.2. The first-order chi connectivity index (χ1) is 14.5. The molecule has 1 aromatic heterocycles. The molecular weight excluding hydrogens is 414 g/mol. The lowest BCUT2D eigenvalue weighted by Crippen LogP contribution is -2.34. The number of hydrogen-bond acceptors (Lipinski definition) is 4. The summed E-state index contributed by atoms with van der Waals surface area (Å²) < 4.78 is 0. The molecule has 1 aliphatic carbocycles. The summed E-state index contributed by atoms with van der Waals surface area (Å²) in [6, 6.07) is 12.4. The number of nitrogens with one attached hydrogen (secondary N) is 1. The zero-order valence-electron chi connectivity index (χ0n) is 18.1. The number of rotatable bonds is 8. The van der Waals surface area contributed by atoms with Crippen LogP contribution in [0.3, 0.4) is 0 Å². The Balaban J connectivity index is 1.54. The highest BCUT2D eigenvalue weighted by Gasteiger charge is 2.30. The van der Waals surface area contributed by atoms with Crippen molar-refractivity contribution < 1.29 is 4.79 Å². The zero-order chi connectivity index (χ0) is 21.5. The summed E-state index contributed by atoms with van der Waals surface area (Å²) in [5.74, 6) is 2.06. The molecule has 1 atom stereocenters. The molecule has 3 rings (SSSR count). The zero-order valence-corrected chi connectivity index (χ0v) is 19.7. The summed E-state index contributed by atoms with van der Waals surface area (Å²) in [5.41, 5.74) is 2.02. The first-order valence-electron chi connectivity index (χ1n) is 10.8. The first-order valence-corrected chi connectivity index (χ1v) is 12.1. The molecule has 6 heteroatoms. The van der Waals surface area contributed by atoms with Crippen LogP contribution in [-0.2, 0) is 0 Å². The summed E-state index contributed by atoms with van der Waals surface area (Å²) >= 11 is 7.69. The topological polar surface area (TPSA) is 45.2 Å². The number of benzene rings is 1. The number of thioether (sulfide) groups is 1. The molecule has 1 N–H and O–H groups in total. The predicted molar refractivity (Wildman–Crippen MR) is 126 cm³/mol. The van der Waals surface area contributed by atoms with Gasteiger partial charge in [0.1, 0.15) is 5.03 Å². The van der Waals surface area contributed by atoms with Crippen LogP contribution >= 0.6 is 23.4 Å². The number of hydrogen-bond donors (Lipinski definition) is 1. The monoisotopic (exact) mass is 445 g/mol. The minimum absolute atomic E-state index is 0.00601. The molecule has 1 unspecified atom stereocenters. The molecular formula is C24H32ClN3OS. The predicted octanol–water partition coefficient (Wildman–Crippen LogP) is 5.69. The van der Waals surface area contributed by atoms with Gasteiger partial charge in [-0.3, -0.25) is 4.79 Å². The van der Waals surface area contributed by atoms with Crippen molar-refractivity contribution in [1.29, 1.82) is 0 Å². The van der Waals surface area contributed by atoms with Crippen molar-refractivity contribution in [3.63, 3.8) is 0 Å². The molecule has 1 heterocycles. The first kappa shape index (κ1) is 23.1. The average Bonchev–Trinajstić information content (AvgIpc) is 2.75. The molecule has 0 saturated heterocycles. The fourth-order valence-corrected chi connectivity index (χ4v) is 5.36. The lowest BCUT2D eigenvalue weighted by atomic mass is 9.76. The summed E-state index contributed by atoms with van der Waals surface area (Å²) in [7, 11) is 4.32. The third-order valence-corrected chi connectivity index (χ3v) is 7.09. The van der Waals surface area contributed by atoms with E-state index in [1.165, 1.54) is 18.4 Å². The van der Waals surface area contributed by atoms with Gasteiger partial charge in [-0.15, -0.1) is 11.8 Å². The van der Waals surface area contributed by atoms with Gasteiger partial charge in [0.15, 0.2) is 0 Å². The van der Waals surface area contributed by atoms with E-state index in [0.29, 0.717) is 23.4 Å². The van der Waals surface area contributed by atoms with Crippen molar-refractivity contribution in [3.05, 3.63) is 58.7 Å². The van der Waals surface area contributed by atoms with Crippen molar-refractivity contribution in [2.75, 3.05) is 26.4 Å². The van der Waals surface area contributed by atoms with Crippen LogP contribution in [0.25, 0.3) is 0 Å². The molecule has 4 nitrogen and oxygen atoms in total. The Labute approximate surface area is 189 Å². The largest absolute Gasteiger partial charge is 0.352 e. The Hall–Kier alpha value is -1.56. The van der Waals surface area contributed by atoms with Gasteiger partial charge in [0, 0.05) is 23.8 Å². The number of halogens is 1. The van der Waals surface area contributed by atoms with Crippen LogP contribution in [0, 0.1) is 11.8 Å². The van der Waals surface area contributed by atoms with Crippen molar-refractivity contribution in [2.45, 2.75) is 43.7 Å². The maximum absolute atomic E-state index is 12.7. The van der Waals surface area contributed by atoms with Gasteiger partial charge in [0.2, 0.25) is 0 Å². The molecule has 1 aliphatic rings. The van der Waals surface area contributed by atoms with Gasteiger partial charge in [-0.2, -0.15) is 0 Å². The smallest absolute Gasteiger partial charge is 0.254 e. The number of carbonyl (C=O) groups excluding carboxylic acids is 1. The fourth-order valence-electron chi connectivity index (χ4n) is 4.51. The quantitative estimate of drug-likeness (QED) is 0.530. The van der Waals surface area contributed by atoms with E-state index in [4.69, 9.17) is 11.6 Å². The van der Waals surface area contributed by atoms with Crippen molar-refractivity contribution in [3.8, 4) is 0 Å². The van der Waals surface area contributed by atoms with E-state index in [0.717, 1.165) is 35.2 Å². The van der Waals surface area contributed by atoms with Gasteiger partial charge >= 0.3 is 0 Å². The Kier molecular flexibility index (Phi) is 8.61. The second-order valence-electron chi connectivity index (χ2n) is 8.24. The molecule has 1 aromatic carbocycles. The highest BCUT2D eigenvalue weighted by atomic mass is 35.5. The fraction of sp³-hybridized carbons (Fsp3) is 0.500. The molecule has 1 saturated carbocycles. The van der Waals surface area contributed by atoms with Crippen LogP contribution < -0.4 is 5.32 Å². The highest BCUT2D eigenvalue weighted by Crippen LogP contribution is 2.39. The van der Waals surface area contributed by atoms with Gasteiger partial charge in [0.05, 0.1) is 5.56 Å². The van der Waals surface area contributed by atoms with E-state index in [1.807, 2.05) is 24.3 Å². The maximum atomic E-state index is 12.7. The minimum Gasteiger partial charge on any atom is -0.352 e. The summed E-state index contributed by atoms with van der Waals surface area (Å²) in [6.07, 6.45) is 6.39. The Bertz CT molecular complexity index is 819. The molecule has 30 heavy (non-hydrogen) atoms. The van der Waals surface area contributed by atoms with E-state index in [2.05, 4.69) is 48.4 Å². The third kappa shape index (κ3) is 5.99. The van der Waals surface area contributed by atoms with Crippen molar-refractivity contribution >= 4 is 29.3 Å². The SMILES string of the molecule is CCSc1ncccc1C(=O)NCC1CCC(C(c2ccc(Cl)cc2)N(C)C)CC1. The average molecular weight is 446 g/mol. The Morgan fingerprint density at radius 1 is 1.20 bits per heavy atom. The number of carbonyl (C=O) groups is 1. The van der Waals surface area contributed by atoms with Crippen LogP contribution in [0.1, 0.15) is 54.6 Å². The van der Waals surface area contributed by atoms with Gasteiger partial charge < -0.3 is 10.2 Å². The van der Waals surface area contributed by atoms with E-state index >= 15 is 0 Å². The molecule has 0 aliphatic heterocycles. The second-order valence-corrected chi connectivity index (χ2v) is 9.93. The van der Waals surface area contributed by atoms with E-state index in [9.17, 15) is 4.79 Å². The van der Waals surface area contributed by atoms with Crippen LogP contribution in [0.5, 0.6) is 0 Å². The van der Waals surface area contributed by atoms with E-state index < -0.39 is 0 Å². The number of amides is 1. The summed E-state index contributed by atoms with van der Waals surface area (Å²) in [4.78, 5) is 19.4. The van der Waals surface area contributed by atoms with Crippen molar-refractivity contribution in [2.24, 2.45) is 11.8 Å². The molecule has 0 radical (unpaired) electrons. The van der Waals surface area contributed by atoms with Crippen LogP contribution in [-0.4, -0.2) is 42.2 Å².